The Kier molecular flexibility index (Phi) is 15.0. The summed E-state index contributed by atoms with van der Waals surface area (Å²) in [5, 5.41) is 2.70. The van der Waals surface area contributed by atoms with Crippen molar-refractivity contribution in [3.05, 3.63) is 144 Å². The Morgan fingerprint density at radius 2 is 1.04 bits per heavy atom. The van der Waals surface area contributed by atoms with Crippen molar-refractivity contribution in [2.75, 3.05) is 13.7 Å². The van der Waals surface area contributed by atoms with E-state index in [-0.39, 0.29) is 32.8 Å². The van der Waals surface area contributed by atoms with Crippen LogP contribution in [0.25, 0.3) is 0 Å². The molecule has 1 N–H and O–H groups in total. The van der Waals surface area contributed by atoms with Crippen molar-refractivity contribution in [3.8, 4) is 0 Å². The molecule has 1 heterocycles. The van der Waals surface area contributed by atoms with E-state index in [4.69, 9.17) is 33.2 Å². The maximum atomic E-state index is 13.2. The van der Waals surface area contributed by atoms with Crippen molar-refractivity contribution >= 4 is 12.1 Å². The summed E-state index contributed by atoms with van der Waals surface area (Å²) in [7, 11) is 1.27. The van der Waals surface area contributed by atoms with Gasteiger partial charge in [0.25, 0.3) is 0 Å². The topological polar surface area (TPSA) is 111 Å². The van der Waals surface area contributed by atoms with Gasteiger partial charge in [-0.25, -0.2) is 9.59 Å². The molecule has 4 aromatic carbocycles. The van der Waals surface area contributed by atoms with Crippen molar-refractivity contribution in [1.82, 2.24) is 5.32 Å². The summed E-state index contributed by atoms with van der Waals surface area (Å²) in [5.41, 5.74) is 3.12. The molecule has 10 nitrogen and oxygen atoms in total. The standard InChI is InChI=1S/C43H51NO9/c1-43(2,3)53-42(46)44-35(41(45)47-4)25-36-38(49-27-32-19-11-6-12-20-32)40(51-29-34-23-15-8-16-24-34)39(50-28-33-21-13-7-14-22-33)37(52-36)30-48-26-31-17-9-5-10-18-31/h5-24,35-40H,25-30H2,1-4H3,(H,44,46)/t35-,36-,37+,38-,39-,40+/m0/s1. The Morgan fingerprint density at radius 1 is 0.623 bits per heavy atom. The van der Waals surface area contributed by atoms with E-state index in [2.05, 4.69) is 5.32 Å². The van der Waals surface area contributed by atoms with E-state index in [1.165, 1.54) is 7.11 Å². The Morgan fingerprint density at radius 3 is 1.47 bits per heavy atom. The summed E-state index contributed by atoms with van der Waals surface area (Å²) in [6.07, 6.45) is -4.28. The Hall–Kier alpha value is -4.58. The first-order valence-electron chi connectivity index (χ1n) is 18.0. The summed E-state index contributed by atoms with van der Waals surface area (Å²) in [5.74, 6) is -0.651. The van der Waals surface area contributed by atoms with Gasteiger partial charge >= 0.3 is 12.1 Å². The SMILES string of the molecule is COC(=O)[C@H](C[C@@H]1O[C@H](COCc2ccccc2)[C@H](OCc2ccccc2)[C@H](OCc2ccccc2)[C@H]1OCc1ccccc1)NC(=O)OC(C)(C)C. The Bertz CT molecular complexity index is 1650. The van der Waals surface area contributed by atoms with Gasteiger partial charge in [0, 0.05) is 6.42 Å². The van der Waals surface area contributed by atoms with Gasteiger partial charge in [-0.2, -0.15) is 0 Å². The lowest BCUT2D eigenvalue weighted by molar-refractivity contribution is -0.274. The molecule has 1 saturated heterocycles. The molecule has 0 radical (unpaired) electrons. The first kappa shape index (κ1) is 39.6. The van der Waals surface area contributed by atoms with Crippen LogP contribution in [0.1, 0.15) is 49.4 Å². The minimum atomic E-state index is -1.12. The molecule has 0 unspecified atom stereocenters. The van der Waals surface area contributed by atoms with Gasteiger partial charge in [0.1, 0.15) is 36.1 Å². The van der Waals surface area contributed by atoms with Crippen LogP contribution in [0.2, 0.25) is 0 Å². The number of hydrogen-bond donors (Lipinski definition) is 1. The number of methoxy groups -OCH3 is 1. The summed E-state index contributed by atoms with van der Waals surface area (Å²) in [4.78, 5) is 26.2. The highest BCUT2D eigenvalue weighted by Crippen LogP contribution is 2.33. The average molecular weight is 726 g/mol. The quantitative estimate of drug-likeness (QED) is 0.113. The molecule has 282 valence electrons. The number of alkyl carbamates (subject to hydrolysis) is 1. The number of ether oxygens (including phenoxy) is 7. The maximum Gasteiger partial charge on any atom is 0.408 e. The highest BCUT2D eigenvalue weighted by Gasteiger charge is 2.49. The van der Waals surface area contributed by atoms with Crippen LogP contribution >= 0.6 is 0 Å². The molecular weight excluding hydrogens is 674 g/mol. The molecule has 10 heteroatoms. The molecular formula is C43H51NO9. The van der Waals surface area contributed by atoms with Crippen LogP contribution in [-0.2, 0) is 64.4 Å². The zero-order valence-corrected chi connectivity index (χ0v) is 30.9. The second kappa shape index (κ2) is 20.0. The minimum Gasteiger partial charge on any atom is -0.467 e. The van der Waals surface area contributed by atoms with Crippen LogP contribution in [0.3, 0.4) is 0 Å². The van der Waals surface area contributed by atoms with Crippen molar-refractivity contribution in [3.63, 3.8) is 0 Å². The maximum absolute atomic E-state index is 13.2. The molecule has 4 aromatic rings. The van der Waals surface area contributed by atoms with Crippen molar-refractivity contribution < 1.29 is 42.7 Å². The molecule has 1 fully saturated rings. The summed E-state index contributed by atoms with van der Waals surface area (Å²) >= 11 is 0. The Balaban J connectivity index is 1.50. The van der Waals surface area contributed by atoms with Crippen molar-refractivity contribution in [2.24, 2.45) is 0 Å². The average Bonchev–Trinajstić information content (AvgIpc) is 3.16. The van der Waals surface area contributed by atoms with Crippen molar-refractivity contribution in [2.45, 2.75) is 95.8 Å². The minimum absolute atomic E-state index is 0.00282. The molecule has 6 atom stereocenters. The van der Waals surface area contributed by atoms with E-state index < -0.39 is 54.2 Å². The van der Waals surface area contributed by atoms with Gasteiger partial charge in [0.05, 0.1) is 46.2 Å². The molecule has 0 saturated carbocycles. The zero-order valence-electron chi connectivity index (χ0n) is 30.9. The van der Waals surface area contributed by atoms with Crippen LogP contribution < -0.4 is 5.32 Å². The van der Waals surface area contributed by atoms with Gasteiger partial charge in [-0.05, 0) is 43.0 Å². The number of benzene rings is 4. The van der Waals surface area contributed by atoms with Gasteiger partial charge in [0.2, 0.25) is 0 Å². The largest absolute Gasteiger partial charge is 0.467 e. The van der Waals surface area contributed by atoms with Crippen LogP contribution in [0.15, 0.2) is 121 Å². The monoisotopic (exact) mass is 725 g/mol. The number of nitrogens with one attached hydrogen (secondary N) is 1. The predicted molar refractivity (Wildman–Crippen MR) is 200 cm³/mol. The number of rotatable bonds is 17. The summed E-state index contributed by atoms with van der Waals surface area (Å²) in [6.45, 7) is 6.55. The normalized spacial score (nSPS) is 20.6. The third-order valence-electron chi connectivity index (χ3n) is 8.62. The van der Waals surface area contributed by atoms with Gasteiger partial charge in [0.15, 0.2) is 0 Å². The predicted octanol–water partition coefficient (Wildman–Crippen LogP) is 7.18. The number of carbonyl (C=O) groups excluding carboxylic acids is 2. The van der Waals surface area contributed by atoms with Crippen LogP contribution in [0.5, 0.6) is 0 Å². The van der Waals surface area contributed by atoms with E-state index in [1.807, 2.05) is 121 Å². The van der Waals surface area contributed by atoms with Gasteiger partial charge in [-0.15, -0.1) is 0 Å². The van der Waals surface area contributed by atoms with E-state index in [1.54, 1.807) is 20.8 Å². The lowest BCUT2D eigenvalue weighted by atomic mass is 9.90. The first-order valence-corrected chi connectivity index (χ1v) is 18.0. The van der Waals surface area contributed by atoms with E-state index in [0.29, 0.717) is 6.61 Å². The fourth-order valence-corrected chi connectivity index (χ4v) is 6.11. The van der Waals surface area contributed by atoms with Gasteiger partial charge < -0.3 is 38.5 Å². The van der Waals surface area contributed by atoms with Crippen LogP contribution in [0.4, 0.5) is 4.79 Å². The van der Waals surface area contributed by atoms with Gasteiger partial charge in [-0.1, -0.05) is 121 Å². The van der Waals surface area contributed by atoms with Crippen molar-refractivity contribution in [1.29, 1.82) is 0 Å². The Labute approximate surface area is 312 Å². The molecule has 53 heavy (non-hydrogen) atoms. The molecule has 1 aliphatic heterocycles. The third-order valence-corrected chi connectivity index (χ3v) is 8.62. The van der Waals surface area contributed by atoms with E-state index in [0.717, 1.165) is 22.3 Å². The molecule has 0 bridgehead atoms. The van der Waals surface area contributed by atoms with E-state index >= 15 is 0 Å². The first-order chi connectivity index (χ1) is 25.7. The highest BCUT2D eigenvalue weighted by atomic mass is 16.6. The van der Waals surface area contributed by atoms with Crippen LogP contribution in [0, 0.1) is 0 Å². The molecule has 0 aromatic heterocycles. The summed E-state index contributed by atoms with van der Waals surface area (Å²) < 4.78 is 44.0. The number of amides is 1. The molecule has 0 aliphatic carbocycles. The lowest BCUT2D eigenvalue weighted by Gasteiger charge is -2.47. The van der Waals surface area contributed by atoms with Crippen LogP contribution in [-0.4, -0.2) is 67.9 Å². The number of esters is 1. The molecule has 1 amide bonds. The molecule has 1 aliphatic rings. The third kappa shape index (κ3) is 12.8. The second-order valence-electron chi connectivity index (χ2n) is 14.0. The van der Waals surface area contributed by atoms with Gasteiger partial charge in [-0.3, -0.25) is 0 Å². The summed E-state index contributed by atoms with van der Waals surface area (Å²) in [6, 6.07) is 38.3. The number of carbonyl (C=O) groups is 2. The molecule has 5 rings (SSSR count). The fourth-order valence-electron chi connectivity index (χ4n) is 6.11. The highest BCUT2D eigenvalue weighted by molar-refractivity contribution is 5.81. The zero-order chi connectivity index (χ0) is 37.5. The second-order valence-corrected chi connectivity index (χ2v) is 14.0. The fraction of sp³-hybridized carbons (Fsp3) is 0.395. The van der Waals surface area contributed by atoms with E-state index in [9.17, 15) is 9.59 Å². The lowest BCUT2D eigenvalue weighted by Crippen LogP contribution is -2.62. The number of hydrogen-bond acceptors (Lipinski definition) is 9. The molecule has 0 spiro atoms. The smallest absolute Gasteiger partial charge is 0.408 e.